The maximum atomic E-state index is 13.4. The lowest BCUT2D eigenvalue weighted by molar-refractivity contribution is -0.135. The van der Waals surface area contributed by atoms with E-state index in [-0.39, 0.29) is 41.8 Å². The van der Waals surface area contributed by atoms with E-state index in [9.17, 15) is 24.0 Å². The zero-order valence-corrected chi connectivity index (χ0v) is 30.5. The van der Waals surface area contributed by atoms with E-state index >= 15 is 0 Å². The van der Waals surface area contributed by atoms with Crippen molar-refractivity contribution in [2.45, 2.75) is 109 Å². The molecule has 4 amide bonds. The predicted octanol–water partition coefficient (Wildman–Crippen LogP) is 5.32. The quantitative estimate of drug-likeness (QED) is 0.353. The first-order chi connectivity index (χ1) is 24.0. The summed E-state index contributed by atoms with van der Waals surface area (Å²) in [5.41, 5.74) is 1.13. The Kier molecular flexibility index (Phi) is 9.51. The maximum Gasteiger partial charge on any atom is 0.425 e. The molecule has 3 aliphatic heterocycles. The molecule has 274 valence electrons. The van der Waals surface area contributed by atoms with Gasteiger partial charge in [-0.25, -0.2) is 19.4 Å². The Hall–Kier alpha value is -4.72. The number of nitrogens with one attached hydrogen (secondary N) is 1. The fourth-order valence-electron chi connectivity index (χ4n) is 7.23. The molecule has 1 aromatic carbocycles. The van der Waals surface area contributed by atoms with Crippen LogP contribution in [0.15, 0.2) is 41.3 Å². The number of piperidine rings is 2. The van der Waals surface area contributed by atoms with Gasteiger partial charge in [0.05, 0.1) is 28.9 Å². The van der Waals surface area contributed by atoms with Crippen LogP contribution in [0.2, 0.25) is 0 Å². The van der Waals surface area contributed by atoms with Crippen LogP contribution in [0.1, 0.15) is 97.6 Å². The second kappa shape index (κ2) is 13.4. The van der Waals surface area contributed by atoms with Gasteiger partial charge in [-0.05, 0) is 97.4 Å². The van der Waals surface area contributed by atoms with E-state index in [2.05, 4.69) is 15.2 Å². The van der Waals surface area contributed by atoms with Gasteiger partial charge in [0.15, 0.2) is 0 Å². The van der Waals surface area contributed by atoms with Gasteiger partial charge in [-0.15, -0.1) is 0 Å². The number of imidazole rings is 1. The van der Waals surface area contributed by atoms with Crippen LogP contribution < -0.4 is 20.8 Å². The zero-order valence-electron chi connectivity index (χ0n) is 30.5. The zero-order chi connectivity index (χ0) is 36.9. The smallest absolute Gasteiger partial charge is 0.425 e. The monoisotopic (exact) mass is 704 g/mol. The van der Waals surface area contributed by atoms with Crippen molar-refractivity contribution in [3.8, 4) is 0 Å². The van der Waals surface area contributed by atoms with Gasteiger partial charge >= 0.3 is 17.9 Å². The van der Waals surface area contributed by atoms with Crippen LogP contribution in [0.5, 0.6) is 0 Å². The number of nitrogens with zero attached hydrogens (tertiary/aromatic N) is 5. The highest BCUT2D eigenvalue weighted by Crippen LogP contribution is 2.42. The first-order valence-electron chi connectivity index (χ1n) is 17.6. The molecule has 0 bridgehead atoms. The van der Waals surface area contributed by atoms with E-state index < -0.39 is 35.3 Å². The molecule has 51 heavy (non-hydrogen) atoms. The van der Waals surface area contributed by atoms with Crippen molar-refractivity contribution in [1.29, 1.82) is 0 Å². The van der Waals surface area contributed by atoms with Gasteiger partial charge in [0.1, 0.15) is 23.1 Å². The fourth-order valence-corrected chi connectivity index (χ4v) is 7.23. The molecule has 3 fully saturated rings. The number of benzene rings is 1. The highest BCUT2D eigenvalue weighted by atomic mass is 16.6. The molecule has 3 aliphatic rings. The van der Waals surface area contributed by atoms with Crippen LogP contribution in [-0.2, 0) is 30.8 Å². The third-order valence-corrected chi connectivity index (χ3v) is 9.78. The van der Waals surface area contributed by atoms with Gasteiger partial charge < -0.3 is 19.1 Å². The van der Waals surface area contributed by atoms with Crippen molar-refractivity contribution < 1.29 is 33.4 Å². The lowest BCUT2D eigenvalue weighted by atomic mass is 9.80. The van der Waals surface area contributed by atoms with Crippen molar-refractivity contribution in [2.24, 2.45) is 7.05 Å². The van der Waals surface area contributed by atoms with Gasteiger partial charge in [0, 0.05) is 38.7 Å². The average Bonchev–Trinajstić information content (AvgIpc) is 3.30. The molecular formula is C37H48N6O8. The van der Waals surface area contributed by atoms with E-state index in [1.54, 1.807) is 65.4 Å². The SMILES string of the molecule is Cn1c(=O)n(C2CCC(=O)NC2=O)c2cccc(N3CCC4(CCC(c5ccc(N(C(=O)OC(C)(C)C)C(=O)OC(C)(C)C)nc5)CO4)CC3)c21. The molecule has 2 aromatic heterocycles. The molecule has 1 N–H and O–H groups in total. The molecule has 0 radical (unpaired) electrons. The van der Waals surface area contributed by atoms with Crippen molar-refractivity contribution in [3.63, 3.8) is 0 Å². The van der Waals surface area contributed by atoms with E-state index in [4.69, 9.17) is 14.2 Å². The normalized spacial score (nSPS) is 21.0. The maximum absolute atomic E-state index is 13.4. The number of para-hydroxylation sites is 1. The molecule has 14 nitrogen and oxygen atoms in total. The van der Waals surface area contributed by atoms with Crippen LogP contribution in [0.25, 0.3) is 11.0 Å². The Bertz CT molecular complexity index is 1850. The number of imide groups is 2. The summed E-state index contributed by atoms with van der Waals surface area (Å²) in [6, 6.07) is 8.54. The van der Waals surface area contributed by atoms with Gasteiger partial charge in [0.25, 0.3) is 0 Å². The molecule has 5 heterocycles. The second-order valence-corrected chi connectivity index (χ2v) is 15.8. The third kappa shape index (κ3) is 7.51. The summed E-state index contributed by atoms with van der Waals surface area (Å²) in [5.74, 6) is -0.556. The van der Waals surface area contributed by atoms with E-state index in [1.165, 1.54) is 4.57 Å². The number of fused-ring (bicyclic) bond motifs is 1. The van der Waals surface area contributed by atoms with Crippen LogP contribution >= 0.6 is 0 Å². The highest BCUT2D eigenvalue weighted by molar-refractivity contribution is 6.08. The minimum Gasteiger partial charge on any atom is -0.443 e. The van der Waals surface area contributed by atoms with Gasteiger partial charge in [-0.2, -0.15) is 4.90 Å². The minimum atomic E-state index is -0.864. The van der Waals surface area contributed by atoms with Crippen molar-refractivity contribution in [1.82, 2.24) is 19.4 Å². The number of hydrogen-bond donors (Lipinski definition) is 1. The van der Waals surface area contributed by atoms with E-state index in [0.717, 1.165) is 60.4 Å². The number of aromatic nitrogens is 3. The van der Waals surface area contributed by atoms with Crippen LogP contribution in [0.4, 0.5) is 21.1 Å². The van der Waals surface area contributed by atoms with Crippen LogP contribution in [0.3, 0.4) is 0 Å². The van der Waals surface area contributed by atoms with Gasteiger partial charge in [-0.1, -0.05) is 12.1 Å². The Morgan fingerprint density at radius 1 is 0.941 bits per heavy atom. The molecular weight excluding hydrogens is 656 g/mol. The van der Waals surface area contributed by atoms with Crippen molar-refractivity contribution in [3.05, 3.63) is 52.6 Å². The minimum absolute atomic E-state index is 0.0991. The average molecular weight is 705 g/mol. The number of amides is 4. The lowest BCUT2D eigenvalue weighted by Gasteiger charge is -2.46. The third-order valence-electron chi connectivity index (χ3n) is 9.78. The Labute approximate surface area is 297 Å². The van der Waals surface area contributed by atoms with E-state index in [1.807, 2.05) is 24.3 Å². The topological polar surface area (TPSA) is 154 Å². The summed E-state index contributed by atoms with van der Waals surface area (Å²) in [5, 5.41) is 2.37. The molecule has 3 aromatic rings. The van der Waals surface area contributed by atoms with Crippen LogP contribution in [0, 0.1) is 0 Å². The van der Waals surface area contributed by atoms with Gasteiger partial charge in [-0.3, -0.25) is 24.0 Å². The number of anilines is 2. The molecule has 6 rings (SSSR count). The first kappa shape index (κ1) is 36.1. The number of ether oxygens (including phenoxy) is 3. The molecule has 2 atom stereocenters. The predicted molar refractivity (Wildman–Crippen MR) is 190 cm³/mol. The molecule has 2 unspecified atom stereocenters. The fraction of sp³-hybridized carbons (Fsp3) is 0.568. The first-order valence-corrected chi connectivity index (χ1v) is 17.6. The molecule has 1 spiro atoms. The van der Waals surface area contributed by atoms with Crippen molar-refractivity contribution >= 4 is 46.5 Å². The Balaban J connectivity index is 1.12. The number of hydrogen-bond acceptors (Lipinski definition) is 10. The number of rotatable bonds is 4. The molecule has 3 saturated heterocycles. The Morgan fingerprint density at radius 2 is 1.61 bits per heavy atom. The van der Waals surface area contributed by atoms with Gasteiger partial charge in [0.2, 0.25) is 11.8 Å². The largest absolute Gasteiger partial charge is 0.443 e. The number of aryl methyl sites for hydroxylation is 1. The summed E-state index contributed by atoms with van der Waals surface area (Å²) < 4.78 is 20.7. The standard InChI is InChI=1S/C37H48N6O8/c1-35(2,3)50-33(47)43(34(48)51-36(4,5)6)28-13-11-23(21-38-28)24-15-16-37(49-22-24)17-19-41(20-18-37)25-9-8-10-26-30(25)40(7)32(46)42(26)27-12-14-29(44)39-31(27)45/h8-11,13,21,24,27H,12,14-20,22H2,1-7H3,(H,39,44,45). The number of carbonyl (C=O) groups is 4. The molecule has 0 aliphatic carbocycles. The second-order valence-electron chi connectivity index (χ2n) is 15.8. The van der Waals surface area contributed by atoms with E-state index in [0.29, 0.717) is 12.1 Å². The summed E-state index contributed by atoms with van der Waals surface area (Å²) in [7, 11) is 1.72. The highest BCUT2D eigenvalue weighted by Gasteiger charge is 2.41. The van der Waals surface area contributed by atoms with Crippen molar-refractivity contribution in [2.75, 3.05) is 29.5 Å². The number of carbonyl (C=O) groups excluding carboxylic acids is 4. The van der Waals surface area contributed by atoms with Crippen LogP contribution in [-0.4, -0.2) is 74.6 Å². The lowest BCUT2D eigenvalue weighted by Crippen LogP contribution is -2.49. The summed E-state index contributed by atoms with van der Waals surface area (Å²) in [4.78, 5) is 71.5. The summed E-state index contributed by atoms with van der Waals surface area (Å²) in [6.07, 6.45) is 3.81. The summed E-state index contributed by atoms with van der Waals surface area (Å²) >= 11 is 0. The number of pyridine rings is 1. The summed E-state index contributed by atoms with van der Waals surface area (Å²) in [6.45, 7) is 12.3. The molecule has 14 heteroatoms. The Morgan fingerprint density at radius 3 is 2.16 bits per heavy atom. The molecule has 0 saturated carbocycles.